The smallest absolute Gasteiger partial charge is 0.265 e. The molecule has 1 N–H and O–H groups in total. The molecule has 0 aromatic heterocycles. The number of ether oxygens (including phenoxy) is 1. The lowest BCUT2D eigenvalue weighted by Gasteiger charge is -2.34. The summed E-state index contributed by atoms with van der Waals surface area (Å²) in [5.74, 6) is 1.40. The molecule has 1 amide bonds. The van der Waals surface area contributed by atoms with E-state index in [1.165, 1.54) is 24.1 Å². The molecule has 0 radical (unpaired) electrons. The van der Waals surface area contributed by atoms with E-state index in [1.807, 2.05) is 6.07 Å². The van der Waals surface area contributed by atoms with E-state index in [4.69, 9.17) is 4.74 Å². The molecular weight excluding hydrogens is 312 g/mol. The van der Waals surface area contributed by atoms with Crippen molar-refractivity contribution in [2.75, 3.05) is 23.3 Å². The molecule has 0 saturated carbocycles. The average Bonchev–Trinajstić information content (AvgIpc) is 2.64. The van der Waals surface area contributed by atoms with E-state index < -0.39 is 6.10 Å². The summed E-state index contributed by atoms with van der Waals surface area (Å²) in [6, 6.07) is 16.8. The zero-order valence-electron chi connectivity index (χ0n) is 14.6. The summed E-state index contributed by atoms with van der Waals surface area (Å²) in [7, 11) is 0. The third-order valence-electron chi connectivity index (χ3n) is 5.24. The van der Waals surface area contributed by atoms with Gasteiger partial charge in [0.05, 0.1) is 5.69 Å². The van der Waals surface area contributed by atoms with E-state index in [2.05, 4.69) is 52.7 Å². The summed E-state index contributed by atoms with van der Waals surface area (Å²) in [6.07, 6.45) is 3.04. The van der Waals surface area contributed by atoms with Crippen molar-refractivity contribution in [2.45, 2.75) is 32.3 Å². The second-order valence-corrected chi connectivity index (χ2v) is 7.05. The highest BCUT2D eigenvalue weighted by Gasteiger charge is 2.24. The fourth-order valence-corrected chi connectivity index (χ4v) is 3.75. The minimum Gasteiger partial charge on any atom is -0.479 e. The summed E-state index contributed by atoms with van der Waals surface area (Å²) in [6.45, 7) is 3.99. The van der Waals surface area contributed by atoms with Crippen LogP contribution in [0.25, 0.3) is 0 Å². The van der Waals surface area contributed by atoms with E-state index in [0.717, 1.165) is 30.9 Å². The lowest BCUT2D eigenvalue weighted by atomic mass is 9.89. The Hall–Kier alpha value is -2.49. The number of fused-ring (bicyclic) bond motifs is 1. The van der Waals surface area contributed by atoms with Crippen LogP contribution in [0.4, 0.5) is 11.4 Å². The normalized spacial score (nSPS) is 20.6. The van der Waals surface area contributed by atoms with Crippen molar-refractivity contribution >= 4 is 17.3 Å². The first kappa shape index (κ1) is 16.0. The van der Waals surface area contributed by atoms with Gasteiger partial charge in [-0.1, -0.05) is 24.3 Å². The molecule has 1 saturated heterocycles. The number of anilines is 2. The Morgan fingerprint density at radius 1 is 1.12 bits per heavy atom. The van der Waals surface area contributed by atoms with Gasteiger partial charge in [0.25, 0.3) is 5.91 Å². The van der Waals surface area contributed by atoms with Crippen LogP contribution in [0.3, 0.4) is 0 Å². The Bertz CT molecular complexity index is 752. The van der Waals surface area contributed by atoms with Gasteiger partial charge in [0, 0.05) is 18.8 Å². The van der Waals surface area contributed by atoms with E-state index >= 15 is 0 Å². The van der Waals surface area contributed by atoms with Gasteiger partial charge in [-0.2, -0.15) is 0 Å². The number of nitrogens with one attached hydrogen (secondary N) is 1. The molecule has 4 rings (SSSR count). The highest BCUT2D eigenvalue weighted by atomic mass is 16.5. The van der Waals surface area contributed by atoms with Crippen molar-refractivity contribution in [1.82, 2.24) is 0 Å². The number of rotatable bonds is 3. The molecule has 2 heterocycles. The third-order valence-corrected chi connectivity index (χ3v) is 5.24. The number of piperidine rings is 1. The van der Waals surface area contributed by atoms with Gasteiger partial charge in [-0.15, -0.1) is 0 Å². The maximum absolute atomic E-state index is 11.8. The molecule has 1 fully saturated rings. The number of nitrogens with zero attached hydrogens (tertiary/aromatic N) is 1. The Morgan fingerprint density at radius 3 is 2.64 bits per heavy atom. The first-order valence-corrected chi connectivity index (χ1v) is 9.09. The SMILES string of the molecule is CC1Oc2ccc(CC3CCN(c4ccccc4)CC3)cc2NC1=O. The van der Waals surface area contributed by atoms with Crippen LogP contribution in [0.1, 0.15) is 25.3 Å². The van der Waals surface area contributed by atoms with Crippen molar-refractivity contribution in [1.29, 1.82) is 0 Å². The number of amides is 1. The van der Waals surface area contributed by atoms with Gasteiger partial charge in [-0.25, -0.2) is 0 Å². The predicted molar refractivity (Wildman–Crippen MR) is 100 cm³/mol. The monoisotopic (exact) mass is 336 g/mol. The second kappa shape index (κ2) is 6.79. The maximum atomic E-state index is 11.8. The summed E-state index contributed by atoms with van der Waals surface area (Å²) in [5, 5.41) is 2.94. The van der Waals surface area contributed by atoms with Gasteiger partial charge in [-0.05, 0) is 61.9 Å². The maximum Gasteiger partial charge on any atom is 0.265 e. The van der Waals surface area contributed by atoms with Crippen LogP contribution in [0.15, 0.2) is 48.5 Å². The van der Waals surface area contributed by atoms with Crippen LogP contribution in [0.5, 0.6) is 5.75 Å². The average molecular weight is 336 g/mol. The Kier molecular flexibility index (Phi) is 4.35. The Morgan fingerprint density at radius 2 is 1.88 bits per heavy atom. The molecule has 1 unspecified atom stereocenters. The van der Waals surface area contributed by atoms with E-state index in [1.54, 1.807) is 6.92 Å². The third kappa shape index (κ3) is 3.48. The molecule has 2 aliphatic rings. The lowest BCUT2D eigenvalue weighted by Crippen LogP contribution is -2.35. The zero-order chi connectivity index (χ0) is 17.2. The first-order valence-electron chi connectivity index (χ1n) is 9.09. The summed E-state index contributed by atoms with van der Waals surface area (Å²) < 4.78 is 5.63. The van der Waals surface area contributed by atoms with Gasteiger partial charge in [0.2, 0.25) is 0 Å². The van der Waals surface area contributed by atoms with Gasteiger partial charge in [0.15, 0.2) is 6.10 Å². The molecule has 4 heteroatoms. The van der Waals surface area contributed by atoms with E-state index in [9.17, 15) is 4.79 Å². The zero-order valence-corrected chi connectivity index (χ0v) is 14.6. The highest BCUT2D eigenvalue weighted by molar-refractivity contribution is 5.97. The van der Waals surface area contributed by atoms with Gasteiger partial charge >= 0.3 is 0 Å². The minimum absolute atomic E-state index is 0.0687. The standard InChI is InChI=1S/C21H24N2O2/c1-15-21(24)22-19-14-17(7-8-20(19)25-15)13-16-9-11-23(12-10-16)18-5-3-2-4-6-18/h2-8,14-16H,9-13H2,1H3,(H,22,24). The van der Waals surface area contributed by atoms with Gasteiger partial charge < -0.3 is 15.0 Å². The van der Waals surface area contributed by atoms with Crippen LogP contribution >= 0.6 is 0 Å². The number of hydrogen-bond acceptors (Lipinski definition) is 3. The van der Waals surface area contributed by atoms with Crippen molar-refractivity contribution in [2.24, 2.45) is 5.92 Å². The second-order valence-electron chi connectivity index (χ2n) is 7.05. The largest absolute Gasteiger partial charge is 0.479 e. The van der Waals surface area contributed by atoms with Crippen molar-refractivity contribution in [3.05, 3.63) is 54.1 Å². The summed E-state index contributed by atoms with van der Waals surface area (Å²) in [4.78, 5) is 14.3. The van der Waals surface area contributed by atoms with Crippen LogP contribution in [0, 0.1) is 5.92 Å². The van der Waals surface area contributed by atoms with Gasteiger partial charge in [-0.3, -0.25) is 4.79 Å². The topological polar surface area (TPSA) is 41.6 Å². The number of carbonyl (C=O) groups excluding carboxylic acids is 1. The molecule has 0 spiro atoms. The first-order chi connectivity index (χ1) is 12.2. The van der Waals surface area contributed by atoms with Crippen LogP contribution in [-0.4, -0.2) is 25.1 Å². The molecule has 2 aromatic rings. The molecule has 1 atom stereocenters. The van der Waals surface area contributed by atoms with Crippen LogP contribution in [-0.2, 0) is 11.2 Å². The quantitative estimate of drug-likeness (QED) is 0.925. The Balaban J connectivity index is 1.38. The van der Waals surface area contributed by atoms with Gasteiger partial charge in [0.1, 0.15) is 5.75 Å². The molecular formula is C21H24N2O2. The molecule has 130 valence electrons. The van der Waals surface area contributed by atoms with Crippen molar-refractivity contribution in [3.63, 3.8) is 0 Å². The summed E-state index contributed by atoms with van der Waals surface area (Å²) >= 11 is 0. The minimum atomic E-state index is -0.416. The van der Waals surface area contributed by atoms with E-state index in [-0.39, 0.29) is 5.91 Å². The highest BCUT2D eigenvalue weighted by Crippen LogP contribution is 2.32. The fourth-order valence-electron chi connectivity index (χ4n) is 3.75. The number of carbonyl (C=O) groups is 1. The number of hydrogen-bond donors (Lipinski definition) is 1. The molecule has 25 heavy (non-hydrogen) atoms. The number of benzene rings is 2. The molecule has 2 aliphatic heterocycles. The van der Waals surface area contributed by atoms with Crippen LogP contribution < -0.4 is 15.0 Å². The fraction of sp³-hybridized carbons (Fsp3) is 0.381. The van der Waals surface area contributed by atoms with Crippen molar-refractivity contribution in [3.8, 4) is 5.75 Å². The molecule has 0 bridgehead atoms. The molecule has 0 aliphatic carbocycles. The predicted octanol–water partition coefficient (Wildman–Crippen LogP) is 3.87. The van der Waals surface area contributed by atoms with Crippen LogP contribution in [0.2, 0.25) is 0 Å². The molecule has 2 aromatic carbocycles. The van der Waals surface area contributed by atoms with Crippen molar-refractivity contribution < 1.29 is 9.53 Å². The molecule has 4 nitrogen and oxygen atoms in total. The number of para-hydroxylation sites is 1. The van der Waals surface area contributed by atoms with E-state index in [0.29, 0.717) is 5.92 Å². The summed E-state index contributed by atoms with van der Waals surface area (Å²) in [5.41, 5.74) is 3.40. The lowest BCUT2D eigenvalue weighted by molar-refractivity contribution is -0.122. The Labute approximate surface area is 148 Å².